The summed E-state index contributed by atoms with van der Waals surface area (Å²) in [4.78, 5) is 4.99. The van der Waals surface area contributed by atoms with Gasteiger partial charge in [-0.2, -0.15) is 0 Å². The summed E-state index contributed by atoms with van der Waals surface area (Å²) >= 11 is 0. The zero-order valence-corrected chi connectivity index (χ0v) is 19.9. The molecule has 1 aliphatic rings. The Morgan fingerprint density at radius 1 is 0.676 bits per heavy atom. The number of nitrogens with zero attached hydrogens (tertiary/aromatic N) is 2. The molecule has 0 bridgehead atoms. The van der Waals surface area contributed by atoms with Gasteiger partial charge in [0.15, 0.2) is 0 Å². The first-order valence-electron chi connectivity index (χ1n) is 12.2. The van der Waals surface area contributed by atoms with E-state index in [4.69, 9.17) is 4.74 Å². The molecule has 0 aromatic heterocycles. The molecule has 1 atom stereocenters. The molecule has 180 valence electrons. The highest BCUT2D eigenvalue weighted by Crippen LogP contribution is 2.26. The standard InChI is InChI=1S/C29H34F2N2O/c1-23(24-5-3-2-4-6-24)15-16-32-17-19-33(20-18-32)21-22-34-29(25-7-11-27(30)12-8-25)26-9-13-28(31)14-10-26/h2-14,23,29H,15-22H2,1H3. The van der Waals surface area contributed by atoms with E-state index < -0.39 is 0 Å². The van der Waals surface area contributed by atoms with Crippen molar-refractivity contribution in [2.75, 3.05) is 45.9 Å². The summed E-state index contributed by atoms with van der Waals surface area (Å²) in [5, 5.41) is 0. The van der Waals surface area contributed by atoms with Gasteiger partial charge in [0.2, 0.25) is 0 Å². The molecule has 1 unspecified atom stereocenters. The molecule has 0 saturated carbocycles. The van der Waals surface area contributed by atoms with Crippen LogP contribution in [0, 0.1) is 11.6 Å². The summed E-state index contributed by atoms with van der Waals surface area (Å²) in [6, 6.07) is 23.4. The number of ether oxygens (including phenoxy) is 1. The minimum Gasteiger partial charge on any atom is -0.367 e. The largest absolute Gasteiger partial charge is 0.367 e. The van der Waals surface area contributed by atoms with E-state index in [1.807, 2.05) is 0 Å². The number of benzene rings is 3. The quantitative estimate of drug-likeness (QED) is 0.373. The third kappa shape index (κ3) is 6.95. The van der Waals surface area contributed by atoms with Gasteiger partial charge >= 0.3 is 0 Å². The van der Waals surface area contributed by atoms with Crippen LogP contribution in [0.5, 0.6) is 0 Å². The van der Waals surface area contributed by atoms with Crippen molar-refractivity contribution < 1.29 is 13.5 Å². The molecule has 3 nitrogen and oxygen atoms in total. The van der Waals surface area contributed by atoms with Crippen LogP contribution in [-0.4, -0.2) is 55.7 Å². The zero-order chi connectivity index (χ0) is 23.8. The van der Waals surface area contributed by atoms with Crippen molar-refractivity contribution in [2.24, 2.45) is 0 Å². The highest BCUT2D eigenvalue weighted by Gasteiger charge is 2.19. The number of rotatable bonds is 10. The van der Waals surface area contributed by atoms with E-state index in [1.54, 1.807) is 24.3 Å². The Morgan fingerprint density at radius 3 is 1.71 bits per heavy atom. The lowest BCUT2D eigenvalue weighted by atomic mass is 9.97. The molecule has 4 rings (SSSR count). The van der Waals surface area contributed by atoms with Crippen molar-refractivity contribution in [2.45, 2.75) is 25.4 Å². The summed E-state index contributed by atoms with van der Waals surface area (Å²) in [7, 11) is 0. The van der Waals surface area contributed by atoms with Crippen LogP contribution in [-0.2, 0) is 4.74 Å². The average Bonchev–Trinajstić information content (AvgIpc) is 2.88. The van der Waals surface area contributed by atoms with Crippen LogP contribution in [0.4, 0.5) is 8.78 Å². The highest BCUT2D eigenvalue weighted by atomic mass is 19.1. The van der Waals surface area contributed by atoms with E-state index in [-0.39, 0.29) is 17.7 Å². The molecule has 34 heavy (non-hydrogen) atoms. The Morgan fingerprint density at radius 2 is 1.18 bits per heavy atom. The van der Waals surface area contributed by atoms with Crippen molar-refractivity contribution in [1.29, 1.82) is 0 Å². The van der Waals surface area contributed by atoms with Crippen molar-refractivity contribution >= 4 is 0 Å². The van der Waals surface area contributed by atoms with Crippen LogP contribution in [0.3, 0.4) is 0 Å². The van der Waals surface area contributed by atoms with Crippen molar-refractivity contribution in [3.63, 3.8) is 0 Å². The Balaban J connectivity index is 1.23. The third-order valence-corrected chi connectivity index (χ3v) is 6.75. The molecule has 1 saturated heterocycles. The summed E-state index contributed by atoms with van der Waals surface area (Å²) in [6.07, 6.45) is 0.825. The van der Waals surface area contributed by atoms with Crippen LogP contribution in [0.1, 0.15) is 42.1 Å². The van der Waals surface area contributed by atoms with Crippen LogP contribution >= 0.6 is 0 Å². The molecular weight excluding hydrogens is 430 g/mol. The molecule has 3 aromatic rings. The molecule has 0 amide bonds. The fourth-order valence-electron chi connectivity index (χ4n) is 4.52. The first-order chi connectivity index (χ1) is 16.6. The summed E-state index contributed by atoms with van der Waals surface area (Å²) in [6.45, 7) is 9.03. The lowest BCUT2D eigenvalue weighted by Crippen LogP contribution is -2.47. The van der Waals surface area contributed by atoms with Crippen molar-refractivity contribution in [3.05, 3.63) is 107 Å². The second kappa shape index (κ2) is 12.2. The highest BCUT2D eigenvalue weighted by molar-refractivity contribution is 5.30. The summed E-state index contributed by atoms with van der Waals surface area (Å²) < 4.78 is 33.1. The second-order valence-electron chi connectivity index (χ2n) is 9.14. The first-order valence-corrected chi connectivity index (χ1v) is 12.2. The molecule has 5 heteroatoms. The van der Waals surface area contributed by atoms with Crippen LogP contribution < -0.4 is 0 Å². The van der Waals surface area contributed by atoms with E-state index in [1.165, 1.54) is 36.2 Å². The molecule has 3 aromatic carbocycles. The molecular formula is C29H34F2N2O. The Kier molecular flexibility index (Phi) is 8.80. The monoisotopic (exact) mass is 464 g/mol. The topological polar surface area (TPSA) is 15.7 Å². The number of halogens is 2. The first kappa shape index (κ1) is 24.5. The van der Waals surface area contributed by atoms with E-state index in [0.29, 0.717) is 12.5 Å². The lowest BCUT2D eigenvalue weighted by molar-refractivity contribution is 0.0449. The maximum absolute atomic E-state index is 13.4. The fraction of sp³-hybridized carbons (Fsp3) is 0.379. The fourth-order valence-corrected chi connectivity index (χ4v) is 4.52. The second-order valence-corrected chi connectivity index (χ2v) is 9.14. The average molecular weight is 465 g/mol. The summed E-state index contributed by atoms with van der Waals surface area (Å²) in [5.41, 5.74) is 3.14. The van der Waals surface area contributed by atoms with Gasteiger partial charge in [0.1, 0.15) is 17.7 Å². The minimum atomic E-state index is -0.345. The predicted molar refractivity (Wildman–Crippen MR) is 133 cm³/mol. The SMILES string of the molecule is CC(CCN1CCN(CCOC(c2ccc(F)cc2)c2ccc(F)cc2)CC1)c1ccccc1. The van der Waals surface area contributed by atoms with Crippen molar-refractivity contribution in [1.82, 2.24) is 9.80 Å². The smallest absolute Gasteiger partial charge is 0.123 e. The number of piperazine rings is 1. The Labute approximate surface area is 202 Å². The minimum absolute atomic E-state index is 0.280. The molecule has 0 aliphatic carbocycles. The van der Waals surface area contributed by atoms with E-state index in [0.717, 1.165) is 50.4 Å². The maximum atomic E-state index is 13.4. The van der Waals surface area contributed by atoms with Gasteiger partial charge in [-0.05, 0) is 59.8 Å². The predicted octanol–water partition coefficient (Wildman–Crippen LogP) is 5.88. The molecule has 0 radical (unpaired) electrons. The van der Waals surface area contributed by atoms with Gasteiger partial charge in [-0.3, -0.25) is 4.90 Å². The van der Waals surface area contributed by atoms with Gasteiger partial charge in [0, 0.05) is 32.7 Å². The van der Waals surface area contributed by atoms with Crippen LogP contribution in [0.25, 0.3) is 0 Å². The van der Waals surface area contributed by atoms with Gasteiger partial charge in [-0.1, -0.05) is 61.5 Å². The van der Waals surface area contributed by atoms with E-state index >= 15 is 0 Å². The Bertz CT molecular complexity index is 941. The molecule has 1 aliphatic heterocycles. The molecule has 0 N–H and O–H groups in total. The van der Waals surface area contributed by atoms with Gasteiger partial charge in [-0.25, -0.2) is 8.78 Å². The third-order valence-electron chi connectivity index (χ3n) is 6.75. The normalized spacial score (nSPS) is 16.1. The lowest BCUT2D eigenvalue weighted by Gasteiger charge is -2.35. The van der Waals surface area contributed by atoms with E-state index in [9.17, 15) is 8.78 Å². The molecule has 0 spiro atoms. The molecule has 1 fully saturated rings. The van der Waals surface area contributed by atoms with Crippen LogP contribution in [0.2, 0.25) is 0 Å². The molecule has 1 heterocycles. The van der Waals surface area contributed by atoms with Crippen molar-refractivity contribution in [3.8, 4) is 0 Å². The van der Waals surface area contributed by atoms with Crippen LogP contribution in [0.15, 0.2) is 78.9 Å². The number of hydrogen-bond acceptors (Lipinski definition) is 3. The zero-order valence-electron chi connectivity index (χ0n) is 19.9. The van der Waals surface area contributed by atoms with Gasteiger partial charge in [-0.15, -0.1) is 0 Å². The summed E-state index contributed by atoms with van der Waals surface area (Å²) in [5.74, 6) is 0.0118. The number of hydrogen-bond donors (Lipinski definition) is 0. The van der Waals surface area contributed by atoms with Gasteiger partial charge in [0.25, 0.3) is 0 Å². The Hall–Kier alpha value is -2.60. The van der Waals surface area contributed by atoms with E-state index in [2.05, 4.69) is 47.1 Å². The maximum Gasteiger partial charge on any atom is 0.123 e. The van der Waals surface area contributed by atoms with Gasteiger partial charge < -0.3 is 9.64 Å². The van der Waals surface area contributed by atoms with Gasteiger partial charge in [0.05, 0.1) is 6.61 Å².